The van der Waals surface area contributed by atoms with Crippen LogP contribution in [0, 0.1) is 0 Å². The molecule has 0 atom stereocenters. The molecule has 0 aliphatic rings. The third kappa shape index (κ3) is 5.35. The molecule has 0 aromatic heterocycles. The molecule has 0 unspecified atom stereocenters. The Labute approximate surface area is 155 Å². The Morgan fingerprint density at radius 2 is 1.42 bits per heavy atom. The normalized spacial score (nSPS) is 12.7. The van der Waals surface area contributed by atoms with E-state index in [1.165, 1.54) is 6.08 Å². The molecule has 26 heavy (non-hydrogen) atoms. The minimum atomic E-state index is -2.31. The molecule has 0 rings (SSSR count). The molecule has 1 N–H and O–H groups in total. The lowest BCUT2D eigenvalue weighted by molar-refractivity contribution is -0.160. The second-order valence-electron chi connectivity index (χ2n) is 7.02. The van der Waals surface area contributed by atoms with Crippen LogP contribution >= 0.6 is 0 Å². The molecule has 0 aliphatic carbocycles. The molecular formula is C17H29NO7Si. The molecule has 0 saturated carbocycles. The predicted octanol–water partition coefficient (Wildman–Crippen LogP) is 2.52. The number of methoxy groups -OCH3 is 3. The van der Waals surface area contributed by atoms with Gasteiger partial charge in [-0.25, -0.2) is 14.4 Å². The molecule has 0 bridgehead atoms. The largest absolute Gasteiger partial charge is 0.544 e. The van der Waals surface area contributed by atoms with Crippen molar-refractivity contribution in [3.8, 4) is 0 Å². The van der Waals surface area contributed by atoms with Crippen molar-refractivity contribution in [1.82, 2.24) is 5.32 Å². The zero-order valence-electron chi connectivity index (χ0n) is 16.7. The van der Waals surface area contributed by atoms with Crippen LogP contribution in [-0.2, 0) is 28.2 Å². The van der Waals surface area contributed by atoms with Gasteiger partial charge in [0.1, 0.15) is 5.76 Å². The van der Waals surface area contributed by atoms with E-state index in [0.717, 1.165) is 27.4 Å². The molecule has 9 heteroatoms. The number of allylic oxidation sites excluding steroid dienone is 1. The summed E-state index contributed by atoms with van der Waals surface area (Å²) in [5, 5.41) is 2.02. The Hall–Kier alpha value is -2.29. The average Bonchev–Trinajstić information content (AvgIpc) is 2.57. The van der Waals surface area contributed by atoms with Crippen LogP contribution in [0.5, 0.6) is 0 Å². The molecule has 0 spiro atoms. The van der Waals surface area contributed by atoms with Crippen LogP contribution in [0.25, 0.3) is 0 Å². The van der Waals surface area contributed by atoms with Gasteiger partial charge in [0.25, 0.3) is 5.54 Å². The van der Waals surface area contributed by atoms with E-state index in [9.17, 15) is 14.4 Å². The maximum atomic E-state index is 12.4. The number of carbonyl (C=O) groups excluding carboxylic acids is 3. The number of hydrogen-bond acceptors (Lipinski definition) is 7. The molecule has 0 heterocycles. The lowest BCUT2D eigenvalue weighted by Crippen LogP contribution is -2.60. The van der Waals surface area contributed by atoms with E-state index in [1.807, 2.05) is 33.9 Å². The van der Waals surface area contributed by atoms with Gasteiger partial charge in [0, 0.05) is 6.08 Å². The number of rotatable bonds is 7. The fraction of sp³-hybridized carbons (Fsp3) is 0.588. The molecule has 0 fully saturated rings. The molecule has 1 amide bonds. The molecule has 0 radical (unpaired) electrons. The van der Waals surface area contributed by atoms with Gasteiger partial charge in [-0.15, -0.1) is 0 Å². The van der Waals surface area contributed by atoms with Crippen molar-refractivity contribution < 1.29 is 33.0 Å². The predicted molar refractivity (Wildman–Crippen MR) is 98.9 cm³/mol. The zero-order chi connectivity index (χ0) is 20.8. The number of carbonyl (C=O) groups is 3. The van der Waals surface area contributed by atoms with Crippen LogP contribution in [-0.4, -0.2) is 53.2 Å². The van der Waals surface area contributed by atoms with E-state index < -0.39 is 31.9 Å². The Kier molecular flexibility index (Phi) is 8.10. The molecule has 0 aromatic rings. The van der Waals surface area contributed by atoms with Crippen molar-refractivity contribution in [2.45, 2.75) is 44.4 Å². The van der Waals surface area contributed by atoms with Crippen LogP contribution in [0.2, 0.25) is 18.1 Å². The lowest BCUT2D eigenvalue weighted by Gasteiger charge is -2.37. The number of hydrogen-bond donors (Lipinski definition) is 1. The standard InChI is InChI=1S/C17H29NO7Si/c1-10-12(25-26(8,9)16(2,3)4)11-17(13(19)22-5,14(20)23-6)18-15(21)24-7/h10-11H,1H2,2-9H3,(H,18,21)/b12-11+. The van der Waals surface area contributed by atoms with Gasteiger partial charge < -0.3 is 18.6 Å². The average molecular weight is 388 g/mol. The van der Waals surface area contributed by atoms with Gasteiger partial charge in [-0.3, -0.25) is 5.32 Å². The molecule has 0 aliphatic heterocycles. The van der Waals surface area contributed by atoms with Gasteiger partial charge in [-0.1, -0.05) is 27.4 Å². The summed E-state index contributed by atoms with van der Waals surface area (Å²) in [4.78, 5) is 36.5. The summed E-state index contributed by atoms with van der Waals surface area (Å²) in [5.74, 6) is -1.98. The van der Waals surface area contributed by atoms with Crippen molar-refractivity contribution in [1.29, 1.82) is 0 Å². The first-order chi connectivity index (χ1) is 11.8. The minimum Gasteiger partial charge on any atom is -0.544 e. The van der Waals surface area contributed by atoms with Crippen molar-refractivity contribution in [2.24, 2.45) is 0 Å². The van der Waals surface area contributed by atoms with Crippen LogP contribution in [0.4, 0.5) is 4.79 Å². The molecular weight excluding hydrogens is 358 g/mol. The highest BCUT2D eigenvalue weighted by Crippen LogP contribution is 2.38. The Bertz CT molecular complexity index is 574. The summed E-state index contributed by atoms with van der Waals surface area (Å²) >= 11 is 0. The SMILES string of the molecule is C=C/C(=C\C(NC(=O)OC)(C(=O)OC)C(=O)OC)O[Si](C)(C)C(C)(C)C. The maximum absolute atomic E-state index is 12.4. The molecule has 148 valence electrons. The Morgan fingerprint density at radius 1 is 0.962 bits per heavy atom. The highest BCUT2D eigenvalue weighted by atomic mass is 28.4. The van der Waals surface area contributed by atoms with E-state index in [4.69, 9.17) is 13.9 Å². The third-order valence-corrected chi connectivity index (χ3v) is 8.60. The first kappa shape index (κ1) is 23.7. The number of alkyl carbamates (subject to hydrolysis) is 1. The van der Waals surface area contributed by atoms with Crippen LogP contribution in [0.15, 0.2) is 24.5 Å². The van der Waals surface area contributed by atoms with Crippen molar-refractivity contribution >= 4 is 26.3 Å². The van der Waals surface area contributed by atoms with Gasteiger partial charge in [0.05, 0.1) is 21.3 Å². The van der Waals surface area contributed by atoms with Crippen molar-refractivity contribution in [3.05, 3.63) is 24.5 Å². The first-order valence-electron chi connectivity index (χ1n) is 7.88. The Balaban J connectivity index is 6.34. The van der Waals surface area contributed by atoms with Crippen molar-refractivity contribution in [3.63, 3.8) is 0 Å². The maximum Gasteiger partial charge on any atom is 0.408 e. The molecule has 8 nitrogen and oxygen atoms in total. The Morgan fingerprint density at radius 3 is 1.73 bits per heavy atom. The highest BCUT2D eigenvalue weighted by Gasteiger charge is 2.50. The van der Waals surface area contributed by atoms with E-state index in [1.54, 1.807) is 0 Å². The van der Waals surface area contributed by atoms with Crippen LogP contribution in [0.3, 0.4) is 0 Å². The van der Waals surface area contributed by atoms with Gasteiger partial charge in [-0.05, 0) is 24.2 Å². The minimum absolute atomic E-state index is 0.142. The summed E-state index contributed by atoms with van der Waals surface area (Å²) < 4.78 is 20.0. The second-order valence-corrected chi connectivity index (χ2v) is 11.7. The summed E-state index contributed by atoms with van der Waals surface area (Å²) in [6, 6.07) is 0. The quantitative estimate of drug-likeness (QED) is 0.179. The topological polar surface area (TPSA) is 100 Å². The monoisotopic (exact) mass is 387 g/mol. The smallest absolute Gasteiger partial charge is 0.408 e. The van der Waals surface area contributed by atoms with E-state index in [0.29, 0.717) is 0 Å². The third-order valence-electron chi connectivity index (χ3n) is 4.24. The van der Waals surface area contributed by atoms with Crippen LogP contribution < -0.4 is 5.32 Å². The number of nitrogens with one attached hydrogen (secondary N) is 1. The number of esters is 2. The lowest BCUT2D eigenvalue weighted by atomic mass is 9.98. The highest BCUT2D eigenvalue weighted by molar-refractivity contribution is 6.74. The van der Waals surface area contributed by atoms with Gasteiger partial charge >= 0.3 is 18.0 Å². The fourth-order valence-electron chi connectivity index (χ4n) is 1.66. The summed E-state index contributed by atoms with van der Waals surface area (Å²) in [6.45, 7) is 13.7. The molecule has 0 aromatic carbocycles. The zero-order valence-corrected chi connectivity index (χ0v) is 17.7. The van der Waals surface area contributed by atoms with E-state index >= 15 is 0 Å². The number of amides is 1. The molecule has 0 saturated heterocycles. The van der Waals surface area contributed by atoms with Gasteiger partial charge in [0.15, 0.2) is 0 Å². The van der Waals surface area contributed by atoms with E-state index in [2.05, 4.69) is 16.6 Å². The fourth-order valence-corrected chi connectivity index (χ4v) is 2.70. The first-order valence-corrected chi connectivity index (χ1v) is 10.8. The van der Waals surface area contributed by atoms with Crippen molar-refractivity contribution in [2.75, 3.05) is 21.3 Å². The van der Waals surface area contributed by atoms with Gasteiger partial charge in [-0.2, -0.15) is 0 Å². The van der Waals surface area contributed by atoms with Gasteiger partial charge in [0.2, 0.25) is 8.32 Å². The van der Waals surface area contributed by atoms with Crippen LogP contribution in [0.1, 0.15) is 20.8 Å². The summed E-state index contributed by atoms with van der Waals surface area (Å²) in [7, 11) is 0.938. The summed E-state index contributed by atoms with van der Waals surface area (Å²) in [6.07, 6.45) is 1.45. The number of ether oxygens (including phenoxy) is 3. The summed E-state index contributed by atoms with van der Waals surface area (Å²) in [5.41, 5.74) is -2.28. The van der Waals surface area contributed by atoms with E-state index in [-0.39, 0.29) is 10.8 Å². The second kappa shape index (κ2) is 8.88.